The van der Waals surface area contributed by atoms with E-state index in [2.05, 4.69) is 5.32 Å². The van der Waals surface area contributed by atoms with Gasteiger partial charge in [-0.1, -0.05) is 31.2 Å². The second-order valence-electron chi connectivity index (χ2n) is 4.55. The number of nitrogens with two attached hydrogens (primary N) is 1. The van der Waals surface area contributed by atoms with Crippen LogP contribution in [-0.2, 0) is 4.79 Å². The van der Waals surface area contributed by atoms with Crippen LogP contribution in [-0.4, -0.2) is 23.0 Å². The van der Waals surface area contributed by atoms with E-state index >= 15 is 0 Å². The second kappa shape index (κ2) is 5.71. The van der Waals surface area contributed by atoms with Crippen molar-refractivity contribution in [2.24, 2.45) is 5.73 Å². The van der Waals surface area contributed by atoms with Crippen LogP contribution >= 0.6 is 0 Å². The van der Waals surface area contributed by atoms with Gasteiger partial charge in [0.15, 0.2) is 0 Å². The minimum absolute atomic E-state index is 0.0559. The molecular weight excluding hydrogens is 256 g/mol. The summed E-state index contributed by atoms with van der Waals surface area (Å²) >= 11 is 0. The number of carboxylic acids is 1. The van der Waals surface area contributed by atoms with Gasteiger partial charge in [0, 0.05) is 0 Å². The van der Waals surface area contributed by atoms with Crippen LogP contribution in [0.3, 0.4) is 0 Å². The van der Waals surface area contributed by atoms with E-state index in [1.807, 2.05) is 24.3 Å². The molecule has 0 aliphatic carbocycles. The van der Waals surface area contributed by atoms with Crippen LogP contribution in [0.2, 0.25) is 0 Å². The molecular formula is C15H16N2O3. The highest BCUT2D eigenvalue weighted by Gasteiger charge is 2.16. The number of carbonyl (C=O) groups is 2. The highest BCUT2D eigenvalue weighted by Crippen LogP contribution is 2.24. The lowest BCUT2D eigenvalue weighted by Gasteiger charge is -2.13. The van der Waals surface area contributed by atoms with E-state index < -0.39 is 12.0 Å². The van der Waals surface area contributed by atoms with Crippen LogP contribution in [0.1, 0.15) is 23.7 Å². The number of hydrogen-bond donors (Lipinski definition) is 3. The Morgan fingerprint density at radius 2 is 1.85 bits per heavy atom. The third-order valence-corrected chi connectivity index (χ3v) is 3.15. The average molecular weight is 272 g/mol. The highest BCUT2D eigenvalue weighted by molar-refractivity contribution is 6.06. The molecule has 5 heteroatoms. The fourth-order valence-corrected chi connectivity index (χ4v) is 1.93. The third-order valence-electron chi connectivity index (χ3n) is 3.15. The number of rotatable bonds is 4. The van der Waals surface area contributed by atoms with Crippen molar-refractivity contribution in [3.8, 4) is 0 Å². The molecule has 0 saturated carbocycles. The number of anilines is 1. The summed E-state index contributed by atoms with van der Waals surface area (Å²) in [6.45, 7) is 1.79. The van der Waals surface area contributed by atoms with Gasteiger partial charge in [-0.05, 0) is 29.3 Å². The molecule has 20 heavy (non-hydrogen) atoms. The summed E-state index contributed by atoms with van der Waals surface area (Å²) in [6, 6.07) is 9.92. The van der Waals surface area contributed by atoms with Crippen LogP contribution < -0.4 is 11.1 Å². The summed E-state index contributed by atoms with van der Waals surface area (Å²) in [5, 5.41) is 13.5. The summed E-state index contributed by atoms with van der Waals surface area (Å²) in [5.41, 5.74) is 5.97. The summed E-state index contributed by atoms with van der Waals surface area (Å²) in [4.78, 5) is 23.1. The molecule has 4 N–H and O–H groups in total. The molecule has 0 heterocycles. The lowest BCUT2D eigenvalue weighted by Crippen LogP contribution is -2.35. The van der Waals surface area contributed by atoms with Gasteiger partial charge >= 0.3 is 5.97 Å². The Labute approximate surface area is 116 Å². The van der Waals surface area contributed by atoms with Crippen molar-refractivity contribution in [3.05, 3.63) is 42.0 Å². The Kier molecular flexibility index (Phi) is 4.00. The highest BCUT2D eigenvalue weighted by atomic mass is 16.4. The zero-order valence-corrected chi connectivity index (χ0v) is 11.1. The molecule has 2 aromatic rings. The number of amides is 1. The van der Waals surface area contributed by atoms with Crippen molar-refractivity contribution < 1.29 is 14.7 Å². The predicted octanol–water partition coefficient (Wildman–Crippen LogP) is 2.21. The summed E-state index contributed by atoms with van der Waals surface area (Å²) in [7, 11) is 0. The van der Waals surface area contributed by atoms with E-state index in [1.165, 1.54) is 0 Å². The fourth-order valence-electron chi connectivity index (χ4n) is 1.93. The molecule has 0 saturated heterocycles. The summed E-state index contributed by atoms with van der Waals surface area (Å²) in [6.07, 6.45) is 0.488. The van der Waals surface area contributed by atoms with Gasteiger partial charge in [0.25, 0.3) is 0 Å². The first kappa shape index (κ1) is 14.0. The van der Waals surface area contributed by atoms with E-state index in [0.29, 0.717) is 6.42 Å². The Bertz CT molecular complexity index is 667. The van der Waals surface area contributed by atoms with Gasteiger partial charge in [0.05, 0.1) is 17.3 Å². The van der Waals surface area contributed by atoms with Crippen LogP contribution in [0.15, 0.2) is 36.4 Å². The number of benzene rings is 2. The van der Waals surface area contributed by atoms with E-state index in [0.717, 1.165) is 10.8 Å². The fraction of sp³-hybridized carbons (Fsp3) is 0.200. The molecule has 2 rings (SSSR count). The first-order chi connectivity index (χ1) is 9.52. The monoisotopic (exact) mass is 272 g/mol. The smallest absolute Gasteiger partial charge is 0.337 e. The van der Waals surface area contributed by atoms with Gasteiger partial charge in [-0.15, -0.1) is 0 Å². The molecule has 0 aliphatic rings. The zero-order chi connectivity index (χ0) is 14.7. The molecule has 0 spiro atoms. The Morgan fingerprint density at radius 1 is 1.25 bits per heavy atom. The molecule has 0 unspecified atom stereocenters. The van der Waals surface area contributed by atoms with E-state index in [1.54, 1.807) is 19.1 Å². The number of carbonyl (C=O) groups excluding carboxylic acids is 1. The lowest BCUT2D eigenvalue weighted by molar-refractivity contribution is -0.117. The van der Waals surface area contributed by atoms with Gasteiger partial charge in [0.2, 0.25) is 5.91 Å². The van der Waals surface area contributed by atoms with E-state index in [4.69, 9.17) is 5.73 Å². The average Bonchev–Trinajstić information content (AvgIpc) is 2.45. The normalized spacial score (nSPS) is 12.1. The molecule has 0 aromatic heterocycles. The van der Waals surface area contributed by atoms with Crippen LogP contribution in [0.4, 0.5) is 5.69 Å². The van der Waals surface area contributed by atoms with Gasteiger partial charge in [-0.25, -0.2) is 4.79 Å². The Morgan fingerprint density at radius 3 is 2.40 bits per heavy atom. The van der Waals surface area contributed by atoms with Gasteiger partial charge in [0.1, 0.15) is 0 Å². The van der Waals surface area contributed by atoms with Crippen LogP contribution in [0.5, 0.6) is 0 Å². The number of aromatic carboxylic acids is 1. The third kappa shape index (κ3) is 2.78. The molecule has 1 amide bonds. The molecule has 5 nitrogen and oxygen atoms in total. The van der Waals surface area contributed by atoms with Gasteiger partial charge in [-0.2, -0.15) is 0 Å². The molecule has 0 radical (unpaired) electrons. The van der Waals surface area contributed by atoms with Crippen molar-refractivity contribution >= 4 is 28.3 Å². The number of nitrogens with one attached hydrogen (secondary N) is 1. The topological polar surface area (TPSA) is 92.4 Å². The molecule has 2 aromatic carbocycles. The number of carboxylic acid groups (broad SMARTS) is 1. The van der Waals surface area contributed by atoms with E-state index in [9.17, 15) is 14.7 Å². The van der Waals surface area contributed by atoms with Crippen molar-refractivity contribution in [1.82, 2.24) is 0 Å². The Balaban J connectivity index is 2.47. The van der Waals surface area contributed by atoms with Gasteiger partial charge in [-0.3, -0.25) is 4.79 Å². The second-order valence-corrected chi connectivity index (χ2v) is 4.55. The SMILES string of the molecule is CC[C@@H](N)C(=O)Nc1cc2ccccc2cc1C(=O)O. The van der Waals surface area contributed by atoms with Crippen molar-refractivity contribution in [2.75, 3.05) is 5.32 Å². The predicted molar refractivity (Wildman–Crippen MR) is 77.8 cm³/mol. The largest absolute Gasteiger partial charge is 0.478 e. The number of fused-ring (bicyclic) bond motifs is 1. The van der Waals surface area contributed by atoms with Crippen molar-refractivity contribution in [3.63, 3.8) is 0 Å². The molecule has 104 valence electrons. The number of hydrogen-bond acceptors (Lipinski definition) is 3. The van der Waals surface area contributed by atoms with Crippen LogP contribution in [0, 0.1) is 0 Å². The maximum atomic E-state index is 11.8. The summed E-state index contributed by atoms with van der Waals surface area (Å²) < 4.78 is 0. The first-order valence-electron chi connectivity index (χ1n) is 6.35. The molecule has 0 fully saturated rings. The summed E-state index contributed by atoms with van der Waals surface area (Å²) in [5.74, 6) is -1.47. The molecule has 1 atom stereocenters. The maximum absolute atomic E-state index is 11.8. The molecule has 0 aliphatic heterocycles. The van der Waals surface area contributed by atoms with E-state index in [-0.39, 0.29) is 17.2 Å². The first-order valence-corrected chi connectivity index (χ1v) is 6.35. The van der Waals surface area contributed by atoms with Crippen LogP contribution in [0.25, 0.3) is 10.8 Å². The van der Waals surface area contributed by atoms with Crippen molar-refractivity contribution in [2.45, 2.75) is 19.4 Å². The maximum Gasteiger partial charge on any atom is 0.337 e. The van der Waals surface area contributed by atoms with Gasteiger partial charge < -0.3 is 16.2 Å². The van der Waals surface area contributed by atoms with Crippen molar-refractivity contribution in [1.29, 1.82) is 0 Å². The Hall–Kier alpha value is -2.40. The standard InChI is InChI=1S/C15H16N2O3/c1-2-12(16)14(18)17-13-8-10-6-4-3-5-9(10)7-11(13)15(19)20/h3-8,12H,2,16H2,1H3,(H,17,18)(H,19,20)/t12-/m1/s1. The lowest BCUT2D eigenvalue weighted by atomic mass is 10.0. The quantitative estimate of drug-likeness (QED) is 0.795. The molecule has 0 bridgehead atoms. The minimum atomic E-state index is -1.09. The minimum Gasteiger partial charge on any atom is -0.478 e. The zero-order valence-electron chi connectivity index (χ0n) is 11.1.